The Labute approximate surface area is 111 Å². The second-order valence-electron chi connectivity index (χ2n) is 5.83. The van der Waals surface area contributed by atoms with Gasteiger partial charge in [-0.25, -0.2) is 8.42 Å². The van der Waals surface area contributed by atoms with Crippen LogP contribution in [0.1, 0.15) is 40.0 Å². The Hall–Kier alpha value is -0.130. The van der Waals surface area contributed by atoms with Crippen molar-refractivity contribution >= 4 is 9.84 Å². The van der Waals surface area contributed by atoms with Gasteiger partial charge in [-0.15, -0.1) is 0 Å². The van der Waals surface area contributed by atoms with E-state index in [9.17, 15) is 8.42 Å². The molecule has 108 valence electrons. The standard InChI is InChI=1S/C13H27NO3S/c1-5-14-12(6-8-13(2,3)17-4)11-7-9-18(15,16)10-11/h11-12,14H,5-10H2,1-4H3. The van der Waals surface area contributed by atoms with Gasteiger partial charge >= 0.3 is 0 Å². The highest BCUT2D eigenvalue weighted by molar-refractivity contribution is 7.91. The summed E-state index contributed by atoms with van der Waals surface area (Å²) in [5.41, 5.74) is -0.134. The van der Waals surface area contributed by atoms with Gasteiger partial charge in [-0.2, -0.15) is 0 Å². The van der Waals surface area contributed by atoms with E-state index in [4.69, 9.17) is 4.74 Å². The second-order valence-corrected chi connectivity index (χ2v) is 8.06. The third-order valence-electron chi connectivity index (χ3n) is 3.91. The maximum absolute atomic E-state index is 11.6. The fourth-order valence-corrected chi connectivity index (χ4v) is 4.39. The van der Waals surface area contributed by atoms with Crippen LogP contribution in [0.4, 0.5) is 0 Å². The molecule has 0 aromatic rings. The van der Waals surface area contributed by atoms with Gasteiger partial charge in [0, 0.05) is 13.2 Å². The zero-order valence-corrected chi connectivity index (χ0v) is 12.8. The van der Waals surface area contributed by atoms with Crippen molar-refractivity contribution in [2.45, 2.75) is 51.7 Å². The summed E-state index contributed by atoms with van der Waals surface area (Å²) in [6.45, 7) is 7.09. The minimum atomic E-state index is -2.79. The van der Waals surface area contributed by atoms with Crippen molar-refractivity contribution in [1.29, 1.82) is 0 Å². The Balaban J connectivity index is 2.55. The molecule has 1 aliphatic heterocycles. The van der Waals surface area contributed by atoms with Crippen molar-refractivity contribution in [2.24, 2.45) is 5.92 Å². The summed E-state index contributed by atoms with van der Waals surface area (Å²) in [6.07, 6.45) is 2.71. The van der Waals surface area contributed by atoms with Gasteiger partial charge in [-0.1, -0.05) is 6.92 Å². The number of ether oxygens (including phenoxy) is 1. The largest absolute Gasteiger partial charge is 0.379 e. The lowest BCUT2D eigenvalue weighted by atomic mass is 9.90. The lowest BCUT2D eigenvalue weighted by Crippen LogP contribution is -2.38. The Morgan fingerprint density at radius 2 is 2.11 bits per heavy atom. The van der Waals surface area contributed by atoms with Gasteiger partial charge in [-0.05, 0) is 45.6 Å². The van der Waals surface area contributed by atoms with E-state index in [0.717, 1.165) is 25.8 Å². The van der Waals surface area contributed by atoms with E-state index in [0.29, 0.717) is 17.5 Å². The maximum Gasteiger partial charge on any atom is 0.150 e. The zero-order valence-electron chi connectivity index (χ0n) is 12.0. The molecule has 5 heteroatoms. The molecule has 0 spiro atoms. The minimum Gasteiger partial charge on any atom is -0.379 e. The van der Waals surface area contributed by atoms with Gasteiger partial charge in [0.15, 0.2) is 9.84 Å². The number of hydrogen-bond acceptors (Lipinski definition) is 4. The number of sulfone groups is 1. The van der Waals surface area contributed by atoms with Crippen LogP contribution >= 0.6 is 0 Å². The van der Waals surface area contributed by atoms with Crippen molar-refractivity contribution in [3.8, 4) is 0 Å². The SMILES string of the molecule is CCNC(CCC(C)(C)OC)C1CCS(=O)(=O)C1. The minimum absolute atomic E-state index is 0.134. The summed E-state index contributed by atoms with van der Waals surface area (Å²) in [5, 5.41) is 3.44. The van der Waals surface area contributed by atoms with Crippen LogP contribution in [0.25, 0.3) is 0 Å². The molecular formula is C13H27NO3S. The van der Waals surface area contributed by atoms with Crippen molar-refractivity contribution < 1.29 is 13.2 Å². The summed E-state index contributed by atoms with van der Waals surface area (Å²) < 4.78 is 28.5. The van der Waals surface area contributed by atoms with Gasteiger partial charge in [0.25, 0.3) is 0 Å². The number of methoxy groups -OCH3 is 1. The summed E-state index contributed by atoms with van der Waals surface area (Å²) in [6, 6.07) is 0.293. The third-order valence-corrected chi connectivity index (χ3v) is 5.71. The predicted octanol–water partition coefficient (Wildman–Crippen LogP) is 1.60. The van der Waals surface area contributed by atoms with Gasteiger partial charge in [0.2, 0.25) is 0 Å². The van der Waals surface area contributed by atoms with Crippen LogP contribution in [-0.4, -0.2) is 45.2 Å². The third kappa shape index (κ3) is 4.86. The Kier molecular flexibility index (Phi) is 5.62. The van der Waals surface area contributed by atoms with E-state index >= 15 is 0 Å². The van der Waals surface area contributed by atoms with Crippen LogP contribution in [0.15, 0.2) is 0 Å². The van der Waals surface area contributed by atoms with Crippen LogP contribution in [-0.2, 0) is 14.6 Å². The Morgan fingerprint density at radius 3 is 2.56 bits per heavy atom. The summed E-state index contributed by atoms with van der Waals surface area (Å²) in [4.78, 5) is 0. The molecule has 1 heterocycles. The van der Waals surface area contributed by atoms with Gasteiger partial charge in [0.05, 0.1) is 17.1 Å². The topological polar surface area (TPSA) is 55.4 Å². The first-order valence-corrected chi connectivity index (χ1v) is 8.61. The number of rotatable bonds is 7. The molecule has 0 bridgehead atoms. The first-order chi connectivity index (χ1) is 8.29. The van der Waals surface area contributed by atoms with E-state index in [-0.39, 0.29) is 11.5 Å². The number of hydrogen-bond donors (Lipinski definition) is 1. The quantitative estimate of drug-likeness (QED) is 0.768. The summed E-state index contributed by atoms with van der Waals surface area (Å²) in [7, 11) is -1.06. The molecule has 0 saturated carbocycles. The highest BCUT2D eigenvalue weighted by atomic mass is 32.2. The van der Waals surface area contributed by atoms with Gasteiger partial charge in [-0.3, -0.25) is 0 Å². The molecule has 1 aliphatic rings. The fraction of sp³-hybridized carbons (Fsp3) is 1.00. The fourth-order valence-electron chi connectivity index (χ4n) is 2.51. The zero-order chi connectivity index (χ0) is 13.8. The smallest absolute Gasteiger partial charge is 0.150 e. The lowest BCUT2D eigenvalue weighted by Gasteiger charge is -2.29. The molecule has 2 atom stereocenters. The molecule has 1 fully saturated rings. The monoisotopic (exact) mass is 277 g/mol. The van der Waals surface area contributed by atoms with E-state index in [1.54, 1.807) is 7.11 Å². The molecule has 1 N–H and O–H groups in total. The first-order valence-electron chi connectivity index (χ1n) is 6.78. The molecule has 0 aromatic heterocycles. The molecule has 0 amide bonds. The van der Waals surface area contributed by atoms with E-state index in [1.807, 2.05) is 0 Å². The second kappa shape index (κ2) is 6.35. The van der Waals surface area contributed by atoms with Crippen molar-refractivity contribution in [3.63, 3.8) is 0 Å². The van der Waals surface area contributed by atoms with E-state index in [2.05, 4.69) is 26.1 Å². The average molecular weight is 277 g/mol. The average Bonchev–Trinajstić information content (AvgIpc) is 2.65. The lowest BCUT2D eigenvalue weighted by molar-refractivity contribution is 0.0105. The van der Waals surface area contributed by atoms with Crippen LogP contribution in [0.3, 0.4) is 0 Å². The highest BCUT2D eigenvalue weighted by Gasteiger charge is 2.34. The molecule has 2 unspecified atom stereocenters. The molecule has 0 aromatic carbocycles. The van der Waals surface area contributed by atoms with Crippen molar-refractivity contribution in [3.05, 3.63) is 0 Å². The molecule has 4 nitrogen and oxygen atoms in total. The molecule has 1 rings (SSSR count). The van der Waals surface area contributed by atoms with Crippen molar-refractivity contribution in [2.75, 3.05) is 25.2 Å². The Morgan fingerprint density at radius 1 is 1.44 bits per heavy atom. The number of nitrogens with one attached hydrogen (secondary N) is 1. The molecule has 0 radical (unpaired) electrons. The van der Waals surface area contributed by atoms with Crippen molar-refractivity contribution in [1.82, 2.24) is 5.32 Å². The normalized spacial score (nSPS) is 25.2. The summed E-state index contributed by atoms with van der Waals surface area (Å²) in [5.74, 6) is 0.966. The van der Waals surface area contributed by atoms with Gasteiger partial charge < -0.3 is 10.1 Å². The van der Waals surface area contributed by atoms with Gasteiger partial charge in [0.1, 0.15) is 0 Å². The summed E-state index contributed by atoms with van der Waals surface area (Å²) >= 11 is 0. The van der Waals surface area contributed by atoms with Crippen LogP contribution in [0.2, 0.25) is 0 Å². The Bertz CT molecular complexity index is 351. The first kappa shape index (κ1) is 15.9. The maximum atomic E-state index is 11.6. The van der Waals surface area contributed by atoms with E-state index in [1.165, 1.54) is 0 Å². The van der Waals surface area contributed by atoms with E-state index < -0.39 is 9.84 Å². The molecule has 18 heavy (non-hydrogen) atoms. The van der Waals surface area contributed by atoms with Crippen LogP contribution in [0, 0.1) is 5.92 Å². The molecular weight excluding hydrogens is 250 g/mol. The highest BCUT2D eigenvalue weighted by Crippen LogP contribution is 2.26. The molecule has 0 aliphatic carbocycles. The predicted molar refractivity (Wildman–Crippen MR) is 74.5 cm³/mol. The van der Waals surface area contributed by atoms with Crippen LogP contribution < -0.4 is 5.32 Å². The van der Waals surface area contributed by atoms with Crippen LogP contribution in [0.5, 0.6) is 0 Å². The molecule has 1 saturated heterocycles.